The van der Waals surface area contributed by atoms with Crippen LogP contribution in [0.2, 0.25) is 10.0 Å². The largest absolute Gasteiger partial charge is 0.505 e. The molecule has 0 unspecified atom stereocenters. The number of hydrogen-bond acceptors (Lipinski definition) is 4. The van der Waals surface area contributed by atoms with Crippen LogP contribution in [0.15, 0.2) is 35.4 Å². The van der Waals surface area contributed by atoms with E-state index in [-0.39, 0.29) is 38.1 Å². The Balaban J connectivity index is 2.46. The van der Waals surface area contributed by atoms with Crippen molar-refractivity contribution in [3.05, 3.63) is 51.0 Å². The Morgan fingerprint density at radius 1 is 1.05 bits per heavy atom. The lowest BCUT2D eigenvalue weighted by molar-refractivity contribution is 0.481. The molecule has 3 aromatic rings. The number of aromatic amines is 1. The fourth-order valence-corrected chi connectivity index (χ4v) is 2.55. The molecule has 3 rings (SSSR count). The fourth-order valence-electron chi connectivity index (χ4n) is 1.97. The van der Waals surface area contributed by atoms with E-state index in [1.165, 1.54) is 12.4 Å². The third-order valence-electron chi connectivity index (χ3n) is 2.83. The van der Waals surface area contributed by atoms with Crippen LogP contribution in [0.5, 0.6) is 5.75 Å². The van der Waals surface area contributed by atoms with Crippen LogP contribution in [-0.4, -0.2) is 20.1 Å². The predicted molar refractivity (Wildman–Crippen MR) is 77.3 cm³/mol. The highest BCUT2D eigenvalue weighted by molar-refractivity contribution is 6.39. The smallest absolute Gasteiger partial charge is 0.261 e. The van der Waals surface area contributed by atoms with Gasteiger partial charge in [0.15, 0.2) is 11.4 Å². The zero-order chi connectivity index (χ0) is 14.3. The summed E-state index contributed by atoms with van der Waals surface area (Å²) in [5.41, 5.74) is 0.0845. The molecule has 0 aliphatic heterocycles. The molecule has 0 atom stereocenters. The number of H-pyrrole nitrogens is 1. The maximum Gasteiger partial charge on any atom is 0.261 e. The molecule has 2 N–H and O–H groups in total. The second-order valence-corrected chi connectivity index (χ2v) is 4.84. The first kappa shape index (κ1) is 12.9. The molecule has 20 heavy (non-hydrogen) atoms. The Morgan fingerprint density at radius 2 is 1.70 bits per heavy atom. The number of halogens is 2. The first-order valence-corrected chi connectivity index (χ1v) is 6.35. The molecule has 0 amide bonds. The third-order valence-corrected chi connectivity index (χ3v) is 3.46. The molecule has 0 aliphatic carbocycles. The Morgan fingerprint density at radius 3 is 2.40 bits per heavy atom. The van der Waals surface area contributed by atoms with Gasteiger partial charge >= 0.3 is 0 Å². The van der Waals surface area contributed by atoms with Crippen LogP contribution in [0, 0.1) is 0 Å². The SMILES string of the molecule is O=c1[nH]c2nccnc2c(O)c1-c1c(Cl)cccc1Cl. The second kappa shape index (κ2) is 4.77. The summed E-state index contributed by atoms with van der Waals surface area (Å²) in [4.78, 5) is 22.6. The molecule has 0 fully saturated rings. The van der Waals surface area contributed by atoms with Crippen LogP contribution in [-0.2, 0) is 0 Å². The van der Waals surface area contributed by atoms with Crippen molar-refractivity contribution < 1.29 is 5.11 Å². The summed E-state index contributed by atoms with van der Waals surface area (Å²) in [6, 6.07) is 4.82. The molecule has 0 saturated carbocycles. The summed E-state index contributed by atoms with van der Waals surface area (Å²) in [7, 11) is 0. The third kappa shape index (κ3) is 1.92. The Kier molecular flexibility index (Phi) is 3.08. The molecule has 2 aromatic heterocycles. The number of fused-ring (bicyclic) bond motifs is 1. The molecule has 100 valence electrons. The summed E-state index contributed by atoms with van der Waals surface area (Å²) in [5.74, 6) is -0.299. The monoisotopic (exact) mass is 307 g/mol. The molecule has 0 bridgehead atoms. The van der Waals surface area contributed by atoms with Gasteiger partial charge in [-0.15, -0.1) is 0 Å². The number of aromatic nitrogens is 3. The van der Waals surface area contributed by atoms with E-state index >= 15 is 0 Å². The van der Waals surface area contributed by atoms with Crippen LogP contribution in [0.25, 0.3) is 22.3 Å². The van der Waals surface area contributed by atoms with E-state index < -0.39 is 5.56 Å². The van der Waals surface area contributed by atoms with Crippen molar-refractivity contribution in [1.82, 2.24) is 15.0 Å². The predicted octanol–water partition coefficient (Wildman–Crippen LogP) is 3.00. The summed E-state index contributed by atoms with van der Waals surface area (Å²) in [6.07, 6.45) is 2.83. The van der Waals surface area contributed by atoms with E-state index in [9.17, 15) is 9.90 Å². The molecular formula is C13H7Cl2N3O2. The van der Waals surface area contributed by atoms with Gasteiger partial charge in [-0.05, 0) is 12.1 Å². The molecule has 0 aliphatic rings. The molecule has 1 aromatic carbocycles. The van der Waals surface area contributed by atoms with E-state index in [0.717, 1.165) is 0 Å². The summed E-state index contributed by atoms with van der Waals surface area (Å²) in [5, 5.41) is 10.8. The van der Waals surface area contributed by atoms with Gasteiger partial charge in [-0.2, -0.15) is 0 Å². The van der Waals surface area contributed by atoms with Crippen molar-refractivity contribution in [2.24, 2.45) is 0 Å². The van der Waals surface area contributed by atoms with Crippen molar-refractivity contribution in [1.29, 1.82) is 0 Å². The first-order valence-electron chi connectivity index (χ1n) is 5.60. The summed E-state index contributed by atoms with van der Waals surface area (Å²) < 4.78 is 0. The molecule has 5 nitrogen and oxygen atoms in total. The minimum absolute atomic E-state index is 0.0198. The summed E-state index contributed by atoms with van der Waals surface area (Å²) >= 11 is 12.1. The standard InChI is InChI=1S/C13H7Cl2N3O2/c14-6-2-1-3-7(15)8(6)9-11(19)10-12(18-13(9)20)17-5-4-16-10/h1-5H,(H2,17,18,19,20). The van der Waals surface area contributed by atoms with Crippen LogP contribution in [0.3, 0.4) is 0 Å². The van der Waals surface area contributed by atoms with Crippen LogP contribution in [0.4, 0.5) is 0 Å². The first-order chi connectivity index (χ1) is 9.59. The number of hydrogen-bond donors (Lipinski definition) is 2. The van der Waals surface area contributed by atoms with Gasteiger partial charge in [0.25, 0.3) is 5.56 Å². The van der Waals surface area contributed by atoms with Crippen molar-refractivity contribution in [2.75, 3.05) is 0 Å². The number of nitrogens with one attached hydrogen (secondary N) is 1. The lowest BCUT2D eigenvalue weighted by atomic mass is 10.1. The van der Waals surface area contributed by atoms with E-state index in [2.05, 4.69) is 15.0 Å². The fraction of sp³-hybridized carbons (Fsp3) is 0. The zero-order valence-electron chi connectivity index (χ0n) is 9.89. The maximum absolute atomic E-state index is 12.2. The van der Waals surface area contributed by atoms with Gasteiger partial charge in [0, 0.05) is 18.0 Å². The zero-order valence-corrected chi connectivity index (χ0v) is 11.4. The molecule has 0 radical (unpaired) electrons. The Bertz CT molecular complexity index is 857. The van der Waals surface area contributed by atoms with Crippen molar-refractivity contribution in [2.45, 2.75) is 0 Å². The van der Waals surface area contributed by atoms with Gasteiger partial charge in [0.2, 0.25) is 0 Å². The molecule has 7 heteroatoms. The Hall–Kier alpha value is -2.11. The topological polar surface area (TPSA) is 78.9 Å². The normalized spacial score (nSPS) is 10.9. The van der Waals surface area contributed by atoms with E-state index in [1.54, 1.807) is 18.2 Å². The highest BCUT2D eigenvalue weighted by Crippen LogP contribution is 2.38. The number of benzene rings is 1. The minimum Gasteiger partial charge on any atom is -0.505 e. The number of nitrogens with zero attached hydrogens (tertiary/aromatic N) is 2. The van der Waals surface area contributed by atoms with E-state index in [0.29, 0.717) is 0 Å². The summed E-state index contributed by atoms with van der Waals surface area (Å²) in [6.45, 7) is 0. The van der Waals surface area contributed by atoms with Crippen molar-refractivity contribution in [3.8, 4) is 16.9 Å². The minimum atomic E-state index is -0.537. The number of aromatic hydroxyl groups is 1. The number of rotatable bonds is 1. The van der Waals surface area contributed by atoms with Crippen molar-refractivity contribution >= 4 is 34.4 Å². The van der Waals surface area contributed by atoms with Gasteiger partial charge in [0.05, 0.1) is 15.6 Å². The second-order valence-electron chi connectivity index (χ2n) is 4.03. The van der Waals surface area contributed by atoms with Gasteiger partial charge in [0.1, 0.15) is 5.52 Å². The van der Waals surface area contributed by atoms with Crippen molar-refractivity contribution in [3.63, 3.8) is 0 Å². The van der Waals surface area contributed by atoms with Crippen LogP contribution in [0.1, 0.15) is 0 Å². The number of pyridine rings is 1. The molecule has 0 saturated heterocycles. The maximum atomic E-state index is 12.2. The molecule has 2 heterocycles. The van der Waals surface area contributed by atoms with Crippen LogP contribution < -0.4 is 5.56 Å². The van der Waals surface area contributed by atoms with Crippen LogP contribution >= 0.6 is 23.2 Å². The van der Waals surface area contributed by atoms with E-state index in [1.807, 2.05) is 0 Å². The van der Waals surface area contributed by atoms with Gasteiger partial charge in [-0.1, -0.05) is 29.3 Å². The van der Waals surface area contributed by atoms with Gasteiger partial charge in [-0.25, -0.2) is 9.97 Å². The molecular weight excluding hydrogens is 301 g/mol. The van der Waals surface area contributed by atoms with E-state index in [4.69, 9.17) is 23.2 Å². The molecule has 0 spiro atoms. The lowest BCUT2D eigenvalue weighted by Crippen LogP contribution is -2.11. The average molecular weight is 308 g/mol. The average Bonchev–Trinajstić information content (AvgIpc) is 2.42. The highest BCUT2D eigenvalue weighted by atomic mass is 35.5. The highest BCUT2D eigenvalue weighted by Gasteiger charge is 2.19. The quantitative estimate of drug-likeness (QED) is 0.724. The lowest BCUT2D eigenvalue weighted by Gasteiger charge is -2.09. The Labute approximate surface area is 122 Å². The van der Waals surface area contributed by atoms with Gasteiger partial charge < -0.3 is 10.1 Å². The van der Waals surface area contributed by atoms with Gasteiger partial charge in [-0.3, -0.25) is 4.79 Å².